The van der Waals surface area contributed by atoms with Crippen LogP contribution in [0.3, 0.4) is 0 Å². The third-order valence-electron chi connectivity index (χ3n) is 4.36. The van der Waals surface area contributed by atoms with E-state index in [1.54, 1.807) is 38.5 Å². The number of fused-ring (bicyclic) bond motifs is 2. The van der Waals surface area contributed by atoms with Crippen LogP contribution in [0.25, 0.3) is 0 Å². The number of rotatable bonds is 0. The Hall–Kier alpha value is 0. The van der Waals surface area contributed by atoms with E-state index in [0.717, 1.165) is 0 Å². The van der Waals surface area contributed by atoms with Crippen LogP contribution in [-0.2, 0) is 0 Å². The lowest BCUT2D eigenvalue weighted by Gasteiger charge is -2.52. The summed E-state index contributed by atoms with van der Waals surface area (Å²) in [7, 11) is 0. The number of hydrogen-bond acceptors (Lipinski definition) is 0. The van der Waals surface area contributed by atoms with Gasteiger partial charge in [0.25, 0.3) is 0 Å². The monoisotopic (exact) mass is 136 g/mol. The Morgan fingerprint density at radius 2 is 0.800 bits per heavy atom. The molecule has 0 amide bonds. The van der Waals surface area contributed by atoms with E-state index in [0.29, 0.717) is 0 Å². The first-order chi connectivity index (χ1) is 4.93. The van der Waals surface area contributed by atoms with Gasteiger partial charge in [0.15, 0.2) is 0 Å². The van der Waals surface area contributed by atoms with Crippen LogP contribution in [0.4, 0.5) is 0 Å². The van der Waals surface area contributed by atoms with Gasteiger partial charge in [0.1, 0.15) is 0 Å². The third-order valence-corrected chi connectivity index (χ3v) is 4.36. The Balaban J connectivity index is 1.94. The van der Waals surface area contributed by atoms with Gasteiger partial charge in [-0.3, -0.25) is 0 Å². The van der Waals surface area contributed by atoms with Crippen molar-refractivity contribution in [3.63, 3.8) is 0 Å². The molecule has 0 N–H and O–H groups in total. The molecule has 5 aliphatic rings. The van der Waals surface area contributed by atoms with Crippen LogP contribution >= 0.6 is 0 Å². The molecule has 5 aliphatic carbocycles. The molecule has 0 heterocycles. The molecule has 0 nitrogen and oxygen atoms in total. The van der Waals surface area contributed by atoms with Gasteiger partial charge in [-0.15, -0.1) is 0 Å². The van der Waals surface area contributed by atoms with Crippen molar-refractivity contribution in [2.75, 3.05) is 0 Å². The summed E-state index contributed by atoms with van der Waals surface area (Å²) in [5.74, 6) is 4.74. The van der Waals surface area contributed by atoms with Crippen molar-refractivity contribution in [1.29, 1.82) is 0 Å². The standard InChI is InChI=1S/C10H16/c1-2-8-6-9-3-4-10(8)5-7(1)9/h7-10H,1-6H2. The van der Waals surface area contributed by atoms with Crippen molar-refractivity contribution in [2.45, 2.75) is 38.5 Å². The summed E-state index contributed by atoms with van der Waals surface area (Å²) in [5.41, 5.74) is 0. The lowest BCUT2D eigenvalue weighted by Crippen LogP contribution is -2.42. The van der Waals surface area contributed by atoms with E-state index in [-0.39, 0.29) is 0 Å². The molecule has 4 atom stereocenters. The molecule has 5 rings (SSSR count). The molecule has 4 bridgehead atoms. The number of hydrogen-bond donors (Lipinski definition) is 0. The molecule has 0 saturated heterocycles. The highest BCUT2D eigenvalue weighted by Crippen LogP contribution is 2.55. The average Bonchev–Trinajstić information content (AvgIpc) is 2.05. The van der Waals surface area contributed by atoms with Crippen LogP contribution in [0.1, 0.15) is 38.5 Å². The predicted octanol–water partition coefficient (Wildman–Crippen LogP) is 2.83. The molecule has 4 unspecified atom stereocenters. The minimum atomic E-state index is 1.18. The van der Waals surface area contributed by atoms with Crippen LogP contribution in [-0.4, -0.2) is 0 Å². The molecule has 0 radical (unpaired) electrons. The lowest BCUT2D eigenvalue weighted by molar-refractivity contribution is -0.0164. The quantitative estimate of drug-likeness (QED) is 0.480. The molecule has 0 spiro atoms. The van der Waals surface area contributed by atoms with E-state index in [1.807, 2.05) is 0 Å². The minimum Gasteiger partial charge on any atom is -0.0499 e. The van der Waals surface area contributed by atoms with E-state index in [9.17, 15) is 0 Å². The van der Waals surface area contributed by atoms with E-state index in [1.165, 1.54) is 23.7 Å². The van der Waals surface area contributed by atoms with Gasteiger partial charge in [-0.2, -0.15) is 0 Å². The maximum Gasteiger partial charge on any atom is -0.0383 e. The summed E-state index contributed by atoms with van der Waals surface area (Å²) in [5, 5.41) is 0. The van der Waals surface area contributed by atoms with Crippen molar-refractivity contribution in [2.24, 2.45) is 23.7 Å². The van der Waals surface area contributed by atoms with E-state index < -0.39 is 0 Å². The molecule has 56 valence electrons. The molecule has 5 saturated carbocycles. The molecule has 10 heavy (non-hydrogen) atoms. The van der Waals surface area contributed by atoms with Gasteiger partial charge >= 0.3 is 0 Å². The highest BCUT2D eigenvalue weighted by molar-refractivity contribution is 4.95. The smallest absolute Gasteiger partial charge is 0.0383 e. The fourth-order valence-corrected chi connectivity index (χ4v) is 3.82. The van der Waals surface area contributed by atoms with E-state index in [2.05, 4.69) is 0 Å². The maximum absolute atomic E-state index is 1.62. The molecule has 0 aromatic heterocycles. The van der Waals surface area contributed by atoms with Crippen LogP contribution in [0.15, 0.2) is 0 Å². The fraction of sp³-hybridized carbons (Fsp3) is 1.00. The van der Waals surface area contributed by atoms with Crippen LogP contribution in [0, 0.1) is 23.7 Å². The first kappa shape index (κ1) is 5.62. The van der Waals surface area contributed by atoms with Crippen molar-refractivity contribution < 1.29 is 0 Å². The van der Waals surface area contributed by atoms with Gasteiger partial charge in [0.2, 0.25) is 0 Å². The summed E-state index contributed by atoms with van der Waals surface area (Å²) in [4.78, 5) is 0. The predicted molar refractivity (Wildman–Crippen MR) is 41.7 cm³/mol. The Morgan fingerprint density at radius 3 is 1.00 bits per heavy atom. The summed E-state index contributed by atoms with van der Waals surface area (Å²) >= 11 is 0. The summed E-state index contributed by atoms with van der Waals surface area (Å²) in [6.07, 6.45) is 9.60. The lowest BCUT2D eigenvalue weighted by atomic mass is 9.53. The molecule has 0 heteroatoms. The molecule has 5 fully saturated rings. The average molecular weight is 136 g/mol. The van der Waals surface area contributed by atoms with Crippen LogP contribution in [0.5, 0.6) is 0 Å². The zero-order valence-corrected chi connectivity index (χ0v) is 6.55. The van der Waals surface area contributed by atoms with E-state index in [4.69, 9.17) is 0 Å². The van der Waals surface area contributed by atoms with Crippen molar-refractivity contribution >= 4 is 0 Å². The Morgan fingerprint density at radius 1 is 0.500 bits per heavy atom. The second-order valence-electron chi connectivity index (χ2n) is 4.67. The molecular weight excluding hydrogens is 120 g/mol. The molecule has 0 aliphatic heterocycles. The van der Waals surface area contributed by atoms with Gasteiger partial charge in [-0.25, -0.2) is 0 Å². The van der Waals surface area contributed by atoms with Gasteiger partial charge in [0.05, 0.1) is 0 Å². The first-order valence-electron chi connectivity index (χ1n) is 4.93. The largest absolute Gasteiger partial charge is 0.0499 e. The van der Waals surface area contributed by atoms with Gasteiger partial charge in [-0.05, 0) is 62.2 Å². The minimum absolute atomic E-state index is 1.18. The van der Waals surface area contributed by atoms with Crippen LogP contribution < -0.4 is 0 Å². The zero-order chi connectivity index (χ0) is 6.55. The Kier molecular flexibility index (Phi) is 1.00. The summed E-state index contributed by atoms with van der Waals surface area (Å²) in [6, 6.07) is 0. The third kappa shape index (κ3) is 0.580. The van der Waals surface area contributed by atoms with Gasteiger partial charge in [0, 0.05) is 0 Å². The van der Waals surface area contributed by atoms with Crippen molar-refractivity contribution in [3.8, 4) is 0 Å². The van der Waals surface area contributed by atoms with Gasteiger partial charge in [-0.1, -0.05) is 0 Å². The maximum atomic E-state index is 1.62. The summed E-state index contributed by atoms with van der Waals surface area (Å²) < 4.78 is 0. The highest BCUT2D eigenvalue weighted by Gasteiger charge is 2.44. The molecular formula is C10H16. The SMILES string of the molecule is C1CC2CC3CCC2CC13. The van der Waals surface area contributed by atoms with E-state index >= 15 is 0 Å². The Bertz CT molecular complexity index is 116. The second-order valence-corrected chi connectivity index (χ2v) is 4.67. The second kappa shape index (κ2) is 1.78. The molecule has 0 aromatic carbocycles. The van der Waals surface area contributed by atoms with Gasteiger partial charge < -0.3 is 0 Å². The Labute approximate surface area is 63.0 Å². The topological polar surface area (TPSA) is 0 Å². The van der Waals surface area contributed by atoms with Crippen LogP contribution in [0.2, 0.25) is 0 Å². The first-order valence-corrected chi connectivity index (χ1v) is 4.93. The normalized spacial score (nSPS) is 57.6. The van der Waals surface area contributed by atoms with Crippen molar-refractivity contribution in [1.82, 2.24) is 0 Å². The highest BCUT2D eigenvalue weighted by atomic mass is 14.5. The fourth-order valence-electron chi connectivity index (χ4n) is 3.82. The zero-order valence-electron chi connectivity index (χ0n) is 6.55. The molecule has 0 aromatic rings. The summed E-state index contributed by atoms with van der Waals surface area (Å²) in [6.45, 7) is 0. The van der Waals surface area contributed by atoms with Crippen molar-refractivity contribution in [3.05, 3.63) is 0 Å².